The average molecular weight is 313 g/mol. The van der Waals surface area contributed by atoms with Crippen LogP contribution in [0.5, 0.6) is 0 Å². The second-order valence-electron chi connectivity index (χ2n) is 3.54. The fourth-order valence-corrected chi connectivity index (χ4v) is 2.54. The molecule has 0 amide bonds. The molecular formula is C11H9BrN2O2S. The smallest absolute Gasteiger partial charge is 0.339 e. The van der Waals surface area contributed by atoms with E-state index in [1.54, 1.807) is 13.0 Å². The molecule has 0 atom stereocenters. The molecule has 0 aliphatic rings. The van der Waals surface area contributed by atoms with Crippen LogP contribution in [-0.2, 0) is 0 Å². The minimum absolute atomic E-state index is 0.240. The minimum atomic E-state index is -0.964. The van der Waals surface area contributed by atoms with Crippen molar-refractivity contribution in [1.29, 1.82) is 0 Å². The molecule has 0 saturated heterocycles. The topological polar surface area (TPSA) is 63.1 Å². The number of carboxylic acids is 1. The van der Waals surface area contributed by atoms with Crippen molar-refractivity contribution in [1.82, 2.24) is 9.36 Å². The molecule has 0 radical (unpaired) electrons. The third-order valence-electron chi connectivity index (χ3n) is 2.33. The van der Waals surface area contributed by atoms with E-state index in [0.29, 0.717) is 16.3 Å². The molecule has 0 aliphatic heterocycles. The fraction of sp³-hybridized carbons (Fsp3) is 0.182. The van der Waals surface area contributed by atoms with Crippen LogP contribution in [0.3, 0.4) is 0 Å². The predicted octanol–water partition coefficient (Wildman–Crippen LogP) is 3.28. The summed E-state index contributed by atoms with van der Waals surface area (Å²) < 4.78 is 4.98. The number of aryl methyl sites for hydroxylation is 2. The Labute approximate surface area is 111 Å². The number of carboxylic acid groups (broad SMARTS) is 1. The van der Waals surface area contributed by atoms with Gasteiger partial charge in [-0.25, -0.2) is 4.79 Å². The van der Waals surface area contributed by atoms with Gasteiger partial charge < -0.3 is 5.11 Å². The van der Waals surface area contributed by atoms with Gasteiger partial charge in [0.25, 0.3) is 0 Å². The first kappa shape index (κ1) is 12.2. The number of nitrogens with zero attached hydrogens (tertiary/aromatic N) is 2. The minimum Gasteiger partial charge on any atom is -0.478 e. The van der Waals surface area contributed by atoms with Crippen LogP contribution in [0.2, 0.25) is 0 Å². The molecule has 0 spiro atoms. The SMILES string of the molecule is Cc1nc(-c2snc(C)c2C(=O)O)ccc1Br. The molecule has 2 aromatic heterocycles. The molecular weight excluding hydrogens is 304 g/mol. The Morgan fingerprint density at radius 2 is 2.06 bits per heavy atom. The molecule has 0 fully saturated rings. The van der Waals surface area contributed by atoms with Crippen molar-refractivity contribution in [3.63, 3.8) is 0 Å². The van der Waals surface area contributed by atoms with E-state index in [9.17, 15) is 4.79 Å². The van der Waals surface area contributed by atoms with Crippen LogP contribution in [0.25, 0.3) is 10.6 Å². The van der Waals surface area contributed by atoms with Crippen LogP contribution in [0.15, 0.2) is 16.6 Å². The van der Waals surface area contributed by atoms with Crippen molar-refractivity contribution in [2.45, 2.75) is 13.8 Å². The van der Waals surface area contributed by atoms with Crippen molar-refractivity contribution in [3.05, 3.63) is 33.6 Å². The van der Waals surface area contributed by atoms with Gasteiger partial charge >= 0.3 is 5.97 Å². The van der Waals surface area contributed by atoms with Crippen molar-refractivity contribution in [2.24, 2.45) is 0 Å². The Morgan fingerprint density at radius 3 is 2.65 bits per heavy atom. The van der Waals surface area contributed by atoms with Crippen LogP contribution in [0, 0.1) is 13.8 Å². The first-order valence-corrected chi connectivity index (χ1v) is 6.40. The van der Waals surface area contributed by atoms with Crippen LogP contribution < -0.4 is 0 Å². The van der Waals surface area contributed by atoms with Gasteiger partial charge in [0.15, 0.2) is 0 Å². The summed E-state index contributed by atoms with van der Waals surface area (Å²) in [7, 11) is 0. The summed E-state index contributed by atoms with van der Waals surface area (Å²) in [6.07, 6.45) is 0. The van der Waals surface area contributed by atoms with E-state index in [4.69, 9.17) is 5.11 Å². The number of carbonyl (C=O) groups is 1. The van der Waals surface area contributed by atoms with E-state index < -0.39 is 5.97 Å². The van der Waals surface area contributed by atoms with E-state index in [0.717, 1.165) is 21.7 Å². The van der Waals surface area contributed by atoms with Crippen molar-refractivity contribution < 1.29 is 9.90 Å². The summed E-state index contributed by atoms with van der Waals surface area (Å²) in [6, 6.07) is 3.65. The van der Waals surface area contributed by atoms with Crippen molar-refractivity contribution >= 4 is 33.4 Å². The molecule has 2 aromatic rings. The second kappa shape index (κ2) is 4.54. The zero-order chi connectivity index (χ0) is 12.6. The predicted molar refractivity (Wildman–Crippen MR) is 69.5 cm³/mol. The third kappa shape index (κ3) is 2.23. The van der Waals surface area contributed by atoms with Crippen LogP contribution in [0.4, 0.5) is 0 Å². The molecule has 0 bridgehead atoms. The highest BCUT2D eigenvalue weighted by molar-refractivity contribution is 9.10. The standard InChI is InChI=1S/C11H9BrN2O2S/c1-5-7(12)3-4-8(13-5)10-9(11(15)16)6(2)14-17-10/h3-4H,1-2H3,(H,15,16). The van der Waals surface area contributed by atoms with Gasteiger partial charge in [-0.05, 0) is 53.4 Å². The maximum atomic E-state index is 11.2. The fourth-order valence-electron chi connectivity index (χ4n) is 1.47. The maximum Gasteiger partial charge on any atom is 0.339 e. The molecule has 2 heterocycles. The molecule has 0 saturated carbocycles. The lowest BCUT2D eigenvalue weighted by molar-refractivity contribution is 0.0697. The molecule has 6 heteroatoms. The van der Waals surface area contributed by atoms with Gasteiger partial charge in [-0.15, -0.1) is 0 Å². The molecule has 0 aromatic carbocycles. The number of aromatic nitrogens is 2. The Balaban J connectivity index is 2.60. The molecule has 88 valence electrons. The lowest BCUT2D eigenvalue weighted by atomic mass is 10.1. The number of aromatic carboxylic acids is 1. The van der Waals surface area contributed by atoms with Gasteiger partial charge in [0, 0.05) is 4.47 Å². The number of hydrogen-bond donors (Lipinski definition) is 1. The second-order valence-corrected chi connectivity index (χ2v) is 5.17. The Kier molecular flexibility index (Phi) is 3.26. The quantitative estimate of drug-likeness (QED) is 0.924. The summed E-state index contributed by atoms with van der Waals surface area (Å²) in [6.45, 7) is 3.55. The summed E-state index contributed by atoms with van der Waals surface area (Å²) in [4.78, 5) is 16.1. The highest BCUT2D eigenvalue weighted by Gasteiger charge is 2.19. The van der Waals surface area contributed by atoms with E-state index in [1.165, 1.54) is 0 Å². The molecule has 17 heavy (non-hydrogen) atoms. The molecule has 4 nitrogen and oxygen atoms in total. The first-order chi connectivity index (χ1) is 8.00. The normalized spacial score (nSPS) is 10.5. The zero-order valence-corrected chi connectivity index (χ0v) is 11.6. The number of halogens is 1. The highest BCUT2D eigenvalue weighted by Crippen LogP contribution is 2.30. The maximum absolute atomic E-state index is 11.2. The van der Waals surface area contributed by atoms with Crippen LogP contribution in [-0.4, -0.2) is 20.4 Å². The first-order valence-electron chi connectivity index (χ1n) is 4.83. The van der Waals surface area contributed by atoms with Gasteiger partial charge in [-0.2, -0.15) is 4.37 Å². The van der Waals surface area contributed by atoms with E-state index in [1.807, 2.05) is 13.0 Å². The Hall–Kier alpha value is -1.27. The Bertz CT molecular complexity index is 595. The zero-order valence-electron chi connectivity index (χ0n) is 9.19. The molecule has 0 unspecified atom stereocenters. The molecule has 0 aliphatic carbocycles. The number of rotatable bonds is 2. The molecule has 2 rings (SSSR count). The third-order valence-corrected chi connectivity index (χ3v) is 4.13. The van der Waals surface area contributed by atoms with E-state index >= 15 is 0 Å². The van der Waals surface area contributed by atoms with Gasteiger partial charge in [0.1, 0.15) is 5.56 Å². The van der Waals surface area contributed by atoms with Crippen LogP contribution in [0.1, 0.15) is 21.7 Å². The monoisotopic (exact) mass is 312 g/mol. The van der Waals surface area contributed by atoms with Gasteiger partial charge in [-0.3, -0.25) is 4.98 Å². The lowest BCUT2D eigenvalue weighted by Gasteiger charge is -2.02. The summed E-state index contributed by atoms with van der Waals surface area (Å²) >= 11 is 4.53. The van der Waals surface area contributed by atoms with E-state index in [-0.39, 0.29) is 5.56 Å². The lowest BCUT2D eigenvalue weighted by Crippen LogP contribution is -2.00. The summed E-state index contributed by atoms with van der Waals surface area (Å²) in [5.74, 6) is -0.964. The highest BCUT2D eigenvalue weighted by atomic mass is 79.9. The summed E-state index contributed by atoms with van der Waals surface area (Å²) in [5.41, 5.74) is 2.24. The van der Waals surface area contributed by atoms with Gasteiger partial charge in [-0.1, -0.05) is 0 Å². The largest absolute Gasteiger partial charge is 0.478 e. The number of pyridine rings is 1. The average Bonchev–Trinajstić information content (AvgIpc) is 2.64. The van der Waals surface area contributed by atoms with Crippen LogP contribution >= 0.6 is 27.5 Å². The summed E-state index contributed by atoms with van der Waals surface area (Å²) in [5, 5.41) is 9.15. The van der Waals surface area contributed by atoms with E-state index in [2.05, 4.69) is 25.3 Å². The van der Waals surface area contributed by atoms with Crippen molar-refractivity contribution in [2.75, 3.05) is 0 Å². The Morgan fingerprint density at radius 1 is 1.35 bits per heavy atom. The van der Waals surface area contributed by atoms with Gasteiger partial charge in [0.05, 0.1) is 22.0 Å². The van der Waals surface area contributed by atoms with Gasteiger partial charge in [0.2, 0.25) is 0 Å². The number of hydrogen-bond acceptors (Lipinski definition) is 4. The van der Waals surface area contributed by atoms with Crippen molar-refractivity contribution in [3.8, 4) is 10.6 Å². The molecule has 1 N–H and O–H groups in total.